The second-order valence-electron chi connectivity index (χ2n) is 4.57. The van der Waals surface area contributed by atoms with Gasteiger partial charge in [-0.1, -0.05) is 5.16 Å². The van der Waals surface area contributed by atoms with Gasteiger partial charge < -0.3 is 15.0 Å². The molecule has 0 spiro atoms. The fourth-order valence-corrected chi connectivity index (χ4v) is 2.02. The zero-order valence-electron chi connectivity index (χ0n) is 11.7. The van der Waals surface area contributed by atoms with Crippen LogP contribution in [-0.2, 0) is 0 Å². The van der Waals surface area contributed by atoms with E-state index < -0.39 is 0 Å². The molecule has 0 aliphatic heterocycles. The van der Waals surface area contributed by atoms with Gasteiger partial charge in [-0.15, -0.1) is 0 Å². The van der Waals surface area contributed by atoms with Crippen molar-refractivity contribution >= 4 is 5.69 Å². The summed E-state index contributed by atoms with van der Waals surface area (Å²) in [6.45, 7) is 1.97. The molecule has 2 aromatic heterocycles. The van der Waals surface area contributed by atoms with E-state index >= 15 is 0 Å². The molecule has 1 aromatic carbocycles. The number of hydrogen-bond acceptors (Lipinski definition) is 6. The lowest BCUT2D eigenvalue weighted by Gasteiger charge is -2.05. The Labute approximate surface area is 121 Å². The van der Waals surface area contributed by atoms with Gasteiger partial charge in [0.2, 0.25) is 5.82 Å². The molecule has 0 amide bonds. The predicted molar refractivity (Wildman–Crippen MR) is 78.7 cm³/mol. The lowest BCUT2D eigenvalue weighted by molar-refractivity contribution is 0.405. The van der Waals surface area contributed by atoms with Crippen LogP contribution >= 0.6 is 0 Å². The normalized spacial score (nSPS) is 10.6. The maximum Gasteiger partial charge on any atom is 0.262 e. The maximum absolute atomic E-state index is 5.74. The van der Waals surface area contributed by atoms with Gasteiger partial charge >= 0.3 is 0 Å². The molecule has 0 saturated heterocycles. The summed E-state index contributed by atoms with van der Waals surface area (Å²) >= 11 is 0. The third kappa shape index (κ3) is 2.43. The lowest BCUT2D eigenvalue weighted by atomic mass is 10.1. The number of aryl methyl sites for hydroxylation is 1. The minimum atomic E-state index is 0.380. The second kappa shape index (κ2) is 5.24. The first-order chi connectivity index (χ1) is 10.2. The first-order valence-corrected chi connectivity index (χ1v) is 6.37. The molecule has 3 aromatic rings. The van der Waals surface area contributed by atoms with Crippen LogP contribution in [0.1, 0.15) is 5.56 Å². The van der Waals surface area contributed by atoms with Crippen molar-refractivity contribution in [2.24, 2.45) is 0 Å². The van der Waals surface area contributed by atoms with E-state index in [-0.39, 0.29) is 0 Å². The van der Waals surface area contributed by atoms with Gasteiger partial charge in [-0.2, -0.15) is 4.98 Å². The van der Waals surface area contributed by atoms with Crippen LogP contribution in [0.4, 0.5) is 5.69 Å². The van der Waals surface area contributed by atoms with Crippen molar-refractivity contribution in [1.82, 2.24) is 15.1 Å². The van der Waals surface area contributed by atoms with Crippen molar-refractivity contribution in [3.05, 3.63) is 42.2 Å². The van der Waals surface area contributed by atoms with Gasteiger partial charge in [0.15, 0.2) is 0 Å². The average Bonchev–Trinajstić information content (AvgIpc) is 2.97. The molecule has 0 bridgehead atoms. The lowest BCUT2D eigenvalue weighted by Crippen LogP contribution is -1.92. The Balaban J connectivity index is 2.05. The zero-order chi connectivity index (χ0) is 14.8. The number of hydrogen-bond donors (Lipinski definition) is 1. The van der Waals surface area contributed by atoms with Crippen LogP contribution in [-0.4, -0.2) is 22.2 Å². The number of ether oxygens (including phenoxy) is 1. The molecule has 0 radical (unpaired) electrons. The smallest absolute Gasteiger partial charge is 0.262 e. The van der Waals surface area contributed by atoms with Crippen LogP contribution in [0.5, 0.6) is 5.75 Å². The van der Waals surface area contributed by atoms with Crippen LogP contribution in [0.3, 0.4) is 0 Å². The van der Waals surface area contributed by atoms with E-state index in [4.69, 9.17) is 15.0 Å². The van der Waals surface area contributed by atoms with E-state index in [0.29, 0.717) is 28.7 Å². The summed E-state index contributed by atoms with van der Waals surface area (Å²) in [6, 6.07) is 7.17. The first-order valence-electron chi connectivity index (χ1n) is 6.37. The number of anilines is 1. The van der Waals surface area contributed by atoms with Crippen LogP contribution < -0.4 is 10.5 Å². The quantitative estimate of drug-likeness (QED) is 0.743. The SMILES string of the molecule is COc1cc(N)ccc1-c1nc(-c2cnccc2C)no1. The molecule has 2 heterocycles. The number of rotatable bonds is 3. The van der Waals surface area contributed by atoms with Crippen molar-refractivity contribution < 1.29 is 9.26 Å². The number of methoxy groups -OCH3 is 1. The molecule has 6 nitrogen and oxygen atoms in total. The summed E-state index contributed by atoms with van der Waals surface area (Å²) in [4.78, 5) is 8.50. The summed E-state index contributed by atoms with van der Waals surface area (Å²) in [5.74, 6) is 1.47. The van der Waals surface area contributed by atoms with E-state index in [0.717, 1.165) is 11.1 Å². The number of nitrogens with two attached hydrogens (primary N) is 1. The minimum absolute atomic E-state index is 0.380. The molecule has 0 aliphatic rings. The third-order valence-electron chi connectivity index (χ3n) is 3.16. The third-order valence-corrected chi connectivity index (χ3v) is 3.16. The van der Waals surface area contributed by atoms with Crippen molar-refractivity contribution in [2.45, 2.75) is 6.92 Å². The van der Waals surface area contributed by atoms with E-state index in [1.54, 1.807) is 37.7 Å². The van der Waals surface area contributed by atoms with Gasteiger partial charge in [-0.05, 0) is 30.7 Å². The molecule has 0 unspecified atom stereocenters. The molecule has 0 aliphatic carbocycles. The van der Waals surface area contributed by atoms with E-state index in [2.05, 4.69) is 15.1 Å². The highest BCUT2D eigenvalue weighted by molar-refractivity contribution is 5.68. The fourth-order valence-electron chi connectivity index (χ4n) is 2.02. The maximum atomic E-state index is 5.74. The summed E-state index contributed by atoms with van der Waals surface area (Å²) in [7, 11) is 1.57. The molecular formula is C15H14N4O2. The Morgan fingerprint density at radius 1 is 1.19 bits per heavy atom. The van der Waals surface area contributed by atoms with Crippen LogP contribution in [0.15, 0.2) is 41.2 Å². The number of aromatic nitrogens is 3. The average molecular weight is 282 g/mol. The zero-order valence-corrected chi connectivity index (χ0v) is 11.7. The Kier molecular flexibility index (Phi) is 3.27. The summed E-state index contributed by atoms with van der Waals surface area (Å²) in [5, 5.41) is 4.01. The highest BCUT2D eigenvalue weighted by atomic mass is 16.5. The largest absolute Gasteiger partial charge is 0.496 e. The first kappa shape index (κ1) is 13.1. The Hall–Kier alpha value is -2.89. The van der Waals surface area contributed by atoms with E-state index in [1.807, 2.05) is 13.0 Å². The van der Waals surface area contributed by atoms with Gasteiger partial charge in [0, 0.05) is 29.7 Å². The van der Waals surface area contributed by atoms with E-state index in [9.17, 15) is 0 Å². The Morgan fingerprint density at radius 2 is 2.05 bits per heavy atom. The predicted octanol–water partition coefficient (Wildman–Crippen LogP) is 2.70. The standard InChI is InChI=1S/C15H14N4O2/c1-9-5-6-17-8-12(9)14-18-15(21-19-14)11-4-3-10(16)7-13(11)20-2/h3-8H,16H2,1-2H3. The number of nitrogen functional groups attached to an aromatic ring is 1. The highest BCUT2D eigenvalue weighted by Gasteiger charge is 2.16. The van der Waals surface area contributed by atoms with Crippen molar-refractivity contribution in [3.8, 4) is 28.6 Å². The summed E-state index contributed by atoms with van der Waals surface area (Å²) < 4.78 is 10.6. The summed E-state index contributed by atoms with van der Waals surface area (Å²) in [5.41, 5.74) is 8.92. The van der Waals surface area contributed by atoms with Gasteiger partial charge in [0.1, 0.15) is 5.75 Å². The molecule has 0 saturated carbocycles. The second-order valence-corrected chi connectivity index (χ2v) is 4.57. The topological polar surface area (TPSA) is 87.1 Å². The number of pyridine rings is 1. The minimum Gasteiger partial charge on any atom is -0.496 e. The Morgan fingerprint density at radius 3 is 2.81 bits per heavy atom. The summed E-state index contributed by atoms with van der Waals surface area (Å²) in [6.07, 6.45) is 3.44. The molecule has 2 N–H and O–H groups in total. The molecular weight excluding hydrogens is 268 g/mol. The molecule has 0 fully saturated rings. The highest BCUT2D eigenvalue weighted by Crippen LogP contribution is 2.32. The van der Waals surface area contributed by atoms with Crippen LogP contribution in [0.2, 0.25) is 0 Å². The van der Waals surface area contributed by atoms with Crippen molar-refractivity contribution in [3.63, 3.8) is 0 Å². The van der Waals surface area contributed by atoms with Gasteiger partial charge in [-0.25, -0.2) is 0 Å². The molecule has 6 heteroatoms. The van der Waals surface area contributed by atoms with Gasteiger partial charge in [0.05, 0.1) is 12.7 Å². The van der Waals surface area contributed by atoms with Crippen LogP contribution in [0.25, 0.3) is 22.8 Å². The Bertz CT molecular complexity index is 783. The van der Waals surface area contributed by atoms with Gasteiger partial charge in [0.25, 0.3) is 5.89 Å². The number of nitrogens with zero attached hydrogens (tertiary/aromatic N) is 3. The van der Waals surface area contributed by atoms with Crippen molar-refractivity contribution in [1.29, 1.82) is 0 Å². The monoisotopic (exact) mass is 282 g/mol. The molecule has 106 valence electrons. The molecule has 21 heavy (non-hydrogen) atoms. The van der Waals surface area contributed by atoms with E-state index in [1.165, 1.54) is 0 Å². The molecule has 0 atom stereocenters. The number of benzene rings is 1. The fraction of sp³-hybridized carbons (Fsp3) is 0.133. The molecule has 3 rings (SSSR count). The van der Waals surface area contributed by atoms with Gasteiger partial charge in [-0.3, -0.25) is 4.98 Å². The van der Waals surface area contributed by atoms with Crippen molar-refractivity contribution in [2.75, 3.05) is 12.8 Å². The van der Waals surface area contributed by atoms with Crippen LogP contribution in [0, 0.1) is 6.92 Å².